The molecule has 0 atom stereocenters. The van der Waals surface area contributed by atoms with E-state index in [1.165, 1.54) is 11.3 Å². The molecule has 0 aliphatic carbocycles. The van der Waals surface area contributed by atoms with E-state index in [2.05, 4.69) is 10.1 Å². The fraction of sp³-hybridized carbons (Fsp3) is 0.333. The third-order valence-corrected chi connectivity index (χ3v) is 5.98. The predicted octanol–water partition coefficient (Wildman–Crippen LogP) is 2.18. The average molecular weight is 405 g/mol. The quantitative estimate of drug-likeness (QED) is 0.668. The van der Waals surface area contributed by atoms with Crippen LogP contribution in [0.25, 0.3) is 4.96 Å². The van der Waals surface area contributed by atoms with E-state index in [0.717, 1.165) is 5.56 Å². The molecule has 1 fully saturated rings. The van der Waals surface area contributed by atoms with Gasteiger partial charge in [-0.1, -0.05) is 41.1 Å². The number of thiazole rings is 1. The summed E-state index contributed by atoms with van der Waals surface area (Å²) in [5.41, 5.74) is 1.39. The number of carbonyl (C=O) groups excluding carboxylic acids is 1. The van der Waals surface area contributed by atoms with Gasteiger partial charge in [0.1, 0.15) is 10.6 Å². The van der Waals surface area contributed by atoms with Crippen molar-refractivity contribution in [3.8, 4) is 0 Å². The Bertz CT molecular complexity index is 1070. The van der Waals surface area contributed by atoms with Crippen molar-refractivity contribution < 1.29 is 9.53 Å². The van der Waals surface area contributed by atoms with Gasteiger partial charge in [0.15, 0.2) is 0 Å². The zero-order valence-electron chi connectivity index (χ0n) is 14.6. The van der Waals surface area contributed by atoms with E-state index in [1.807, 2.05) is 25.1 Å². The molecule has 1 aromatic carbocycles. The fourth-order valence-corrected chi connectivity index (χ4v) is 4.22. The average Bonchev–Trinajstić information content (AvgIpc) is 2.99. The van der Waals surface area contributed by atoms with Gasteiger partial charge in [0, 0.05) is 24.5 Å². The Morgan fingerprint density at radius 1 is 1.30 bits per heavy atom. The fourth-order valence-electron chi connectivity index (χ4n) is 2.99. The first-order valence-electron chi connectivity index (χ1n) is 8.54. The number of aromatic nitrogens is 3. The molecule has 1 saturated heterocycles. The van der Waals surface area contributed by atoms with E-state index < -0.39 is 5.56 Å². The molecule has 1 aliphatic rings. The third-order valence-electron chi connectivity index (χ3n) is 4.49. The molecule has 1 aliphatic heterocycles. The van der Waals surface area contributed by atoms with Crippen LogP contribution >= 0.6 is 22.9 Å². The van der Waals surface area contributed by atoms with Gasteiger partial charge in [0.05, 0.1) is 18.9 Å². The van der Waals surface area contributed by atoms with Crippen LogP contribution in [0, 0.1) is 6.92 Å². The molecule has 0 N–H and O–H groups in total. The van der Waals surface area contributed by atoms with Crippen molar-refractivity contribution in [1.82, 2.24) is 19.5 Å². The second-order valence-corrected chi connectivity index (χ2v) is 7.63. The zero-order valence-corrected chi connectivity index (χ0v) is 16.2. The number of carbonyl (C=O) groups is 1. The van der Waals surface area contributed by atoms with Gasteiger partial charge in [0.25, 0.3) is 11.5 Å². The number of benzene rings is 1. The van der Waals surface area contributed by atoms with Gasteiger partial charge in [-0.05, 0) is 18.6 Å². The van der Waals surface area contributed by atoms with Gasteiger partial charge in [-0.25, -0.2) is 4.52 Å². The van der Waals surface area contributed by atoms with Crippen molar-refractivity contribution in [3.63, 3.8) is 0 Å². The van der Waals surface area contributed by atoms with Gasteiger partial charge in [-0.15, -0.1) is 0 Å². The summed E-state index contributed by atoms with van der Waals surface area (Å²) in [6.07, 6.45) is 0.288. The normalized spacial score (nSPS) is 14.7. The van der Waals surface area contributed by atoms with Crippen LogP contribution < -0.4 is 5.56 Å². The van der Waals surface area contributed by atoms with Crippen molar-refractivity contribution >= 4 is 33.8 Å². The van der Waals surface area contributed by atoms with Crippen molar-refractivity contribution in [2.75, 3.05) is 26.3 Å². The number of hydrogen-bond donors (Lipinski definition) is 0. The van der Waals surface area contributed by atoms with Crippen molar-refractivity contribution in [1.29, 1.82) is 0 Å². The number of halogens is 1. The van der Waals surface area contributed by atoms with Gasteiger partial charge in [-0.3, -0.25) is 9.59 Å². The molecule has 0 radical (unpaired) electrons. The minimum atomic E-state index is -0.401. The maximum atomic E-state index is 12.8. The molecule has 0 spiro atoms. The zero-order chi connectivity index (χ0) is 19.0. The van der Waals surface area contributed by atoms with Crippen LogP contribution in [0.15, 0.2) is 29.1 Å². The van der Waals surface area contributed by atoms with Crippen LogP contribution in [0.3, 0.4) is 0 Å². The van der Waals surface area contributed by atoms with Crippen molar-refractivity contribution in [3.05, 3.63) is 61.5 Å². The highest BCUT2D eigenvalue weighted by Crippen LogP contribution is 2.23. The number of ether oxygens (including phenoxy) is 1. The molecule has 9 heteroatoms. The third kappa shape index (κ3) is 3.47. The Morgan fingerprint density at radius 2 is 2.04 bits per heavy atom. The summed E-state index contributed by atoms with van der Waals surface area (Å²) in [5.74, 6) is -0.0757. The monoisotopic (exact) mass is 404 g/mol. The van der Waals surface area contributed by atoms with Crippen LogP contribution in [0.2, 0.25) is 5.02 Å². The van der Waals surface area contributed by atoms with E-state index in [9.17, 15) is 9.59 Å². The molecule has 1 amide bonds. The van der Waals surface area contributed by atoms with E-state index in [4.69, 9.17) is 16.3 Å². The largest absolute Gasteiger partial charge is 0.378 e. The van der Waals surface area contributed by atoms with Gasteiger partial charge >= 0.3 is 0 Å². The van der Waals surface area contributed by atoms with Gasteiger partial charge in [-0.2, -0.15) is 10.1 Å². The molecule has 27 heavy (non-hydrogen) atoms. The number of hydrogen-bond acceptors (Lipinski definition) is 6. The summed E-state index contributed by atoms with van der Waals surface area (Å²) in [6, 6.07) is 7.32. The van der Waals surface area contributed by atoms with E-state index in [-0.39, 0.29) is 12.3 Å². The summed E-state index contributed by atoms with van der Waals surface area (Å²) in [5, 5.41) is 5.03. The number of aryl methyl sites for hydroxylation is 1. The highest BCUT2D eigenvalue weighted by molar-refractivity contribution is 7.19. The molecule has 0 bridgehead atoms. The minimum Gasteiger partial charge on any atom is -0.378 e. The number of morpholine rings is 1. The minimum absolute atomic E-state index is 0.0757. The number of amides is 1. The Labute approximate surface area is 164 Å². The van der Waals surface area contributed by atoms with Crippen molar-refractivity contribution in [2.45, 2.75) is 13.3 Å². The summed E-state index contributed by atoms with van der Waals surface area (Å²) in [7, 11) is 0. The first-order valence-corrected chi connectivity index (χ1v) is 9.74. The molecule has 4 rings (SSSR count). The number of nitrogens with zero attached hydrogens (tertiary/aromatic N) is 4. The molecule has 3 heterocycles. The number of fused-ring (bicyclic) bond motifs is 1. The number of rotatable bonds is 3. The van der Waals surface area contributed by atoms with Crippen LogP contribution in [-0.2, 0) is 11.2 Å². The lowest BCUT2D eigenvalue weighted by Gasteiger charge is -2.26. The molecule has 0 saturated carbocycles. The second-order valence-electron chi connectivity index (χ2n) is 6.25. The molecule has 140 valence electrons. The van der Waals surface area contributed by atoms with Gasteiger partial charge in [0.2, 0.25) is 4.96 Å². The predicted molar refractivity (Wildman–Crippen MR) is 103 cm³/mol. The first kappa shape index (κ1) is 18.1. The standard InChI is InChI=1S/C18H17ClN4O3S/c1-11-15(17(25)22-6-8-26-9-7-22)27-18-20-16(24)14(21-23(11)18)10-12-4-2-3-5-13(12)19/h2-5H,6-10H2,1H3. The molecule has 0 unspecified atom stereocenters. The summed E-state index contributed by atoms with van der Waals surface area (Å²) >= 11 is 7.38. The lowest BCUT2D eigenvalue weighted by atomic mass is 10.1. The Kier molecular flexibility index (Phi) is 4.94. The molecular formula is C18H17ClN4O3S. The first-order chi connectivity index (χ1) is 13.0. The van der Waals surface area contributed by atoms with Crippen LogP contribution in [0.4, 0.5) is 0 Å². The molecule has 2 aromatic heterocycles. The van der Waals surface area contributed by atoms with Crippen LogP contribution in [0.5, 0.6) is 0 Å². The van der Waals surface area contributed by atoms with E-state index in [0.29, 0.717) is 52.6 Å². The smallest absolute Gasteiger partial charge is 0.296 e. The maximum absolute atomic E-state index is 12.8. The van der Waals surface area contributed by atoms with E-state index >= 15 is 0 Å². The lowest BCUT2D eigenvalue weighted by molar-refractivity contribution is 0.0305. The molecule has 7 nitrogen and oxygen atoms in total. The second kappa shape index (κ2) is 7.38. The van der Waals surface area contributed by atoms with Gasteiger partial charge < -0.3 is 9.64 Å². The highest BCUT2D eigenvalue weighted by Gasteiger charge is 2.24. The summed E-state index contributed by atoms with van der Waals surface area (Å²) < 4.78 is 6.88. The summed E-state index contributed by atoms with van der Waals surface area (Å²) in [6.45, 7) is 4.00. The molecule has 3 aromatic rings. The van der Waals surface area contributed by atoms with Crippen LogP contribution in [0.1, 0.15) is 26.6 Å². The maximum Gasteiger partial charge on any atom is 0.296 e. The Morgan fingerprint density at radius 3 is 2.78 bits per heavy atom. The molecular weight excluding hydrogens is 388 g/mol. The summed E-state index contributed by atoms with van der Waals surface area (Å²) in [4.78, 5) is 32.1. The Balaban J connectivity index is 1.72. The van der Waals surface area contributed by atoms with E-state index in [1.54, 1.807) is 15.5 Å². The highest BCUT2D eigenvalue weighted by atomic mass is 35.5. The van der Waals surface area contributed by atoms with Crippen molar-refractivity contribution in [2.24, 2.45) is 0 Å². The topological polar surface area (TPSA) is 76.8 Å². The SMILES string of the molecule is Cc1c(C(=O)N2CCOCC2)sc2nc(=O)c(Cc3ccccc3Cl)nn12. The van der Waals surface area contributed by atoms with Crippen LogP contribution in [-0.4, -0.2) is 51.7 Å². The Hall–Kier alpha value is -2.29. The lowest BCUT2D eigenvalue weighted by Crippen LogP contribution is -2.40.